The first-order valence-corrected chi connectivity index (χ1v) is 4.65. The summed E-state index contributed by atoms with van der Waals surface area (Å²) < 4.78 is 0. The molecule has 2 nitrogen and oxygen atoms in total. The van der Waals surface area contributed by atoms with Crippen LogP contribution in [0.1, 0.15) is 33.1 Å². The van der Waals surface area contributed by atoms with Gasteiger partial charge in [0.2, 0.25) is 0 Å². The van der Waals surface area contributed by atoms with E-state index in [-0.39, 0.29) is 6.61 Å². The second-order valence-electron chi connectivity index (χ2n) is 2.79. The Bertz CT molecular complexity index is 72.0. The summed E-state index contributed by atoms with van der Waals surface area (Å²) in [7, 11) is 0. The zero-order valence-corrected chi connectivity index (χ0v) is 7.81. The van der Waals surface area contributed by atoms with Gasteiger partial charge in [-0.1, -0.05) is 13.8 Å². The van der Waals surface area contributed by atoms with Gasteiger partial charge < -0.3 is 4.90 Å². The van der Waals surface area contributed by atoms with Crippen LogP contribution in [-0.2, 0) is 5.11 Å². The molecule has 0 N–H and O–H groups in total. The van der Waals surface area contributed by atoms with Gasteiger partial charge in [-0.3, -0.25) is 0 Å². The fourth-order valence-corrected chi connectivity index (χ4v) is 1.15. The summed E-state index contributed by atoms with van der Waals surface area (Å²) in [5.74, 6) is 0. The van der Waals surface area contributed by atoms with Crippen molar-refractivity contribution in [2.45, 2.75) is 33.1 Å². The van der Waals surface area contributed by atoms with Gasteiger partial charge in [-0.05, 0) is 38.9 Å². The molecule has 0 saturated heterocycles. The summed E-state index contributed by atoms with van der Waals surface area (Å²) in [5.41, 5.74) is 0. The fourth-order valence-electron chi connectivity index (χ4n) is 1.15. The van der Waals surface area contributed by atoms with Crippen LogP contribution in [0, 0.1) is 0 Å². The standard InChI is InChI=1S/C9H20NO/c1-3-10(4-2)8-6-5-7-9-11/h3-9H2,1-2H3. The first kappa shape index (κ1) is 10.9. The topological polar surface area (TPSA) is 23.1 Å². The molecule has 0 aromatic carbocycles. The van der Waals surface area contributed by atoms with Crippen molar-refractivity contribution in [1.82, 2.24) is 4.90 Å². The van der Waals surface area contributed by atoms with Gasteiger partial charge in [0, 0.05) is 0 Å². The van der Waals surface area contributed by atoms with Crippen LogP contribution in [-0.4, -0.2) is 31.1 Å². The number of rotatable bonds is 7. The maximum Gasteiger partial charge on any atom is 0.0822 e. The van der Waals surface area contributed by atoms with Crippen molar-refractivity contribution in [3.05, 3.63) is 0 Å². The molecule has 0 amide bonds. The van der Waals surface area contributed by atoms with Gasteiger partial charge in [0.15, 0.2) is 0 Å². The SMILES string of the molecule is CCN(CC)CCCCC[O]. The van der Waals surface area contributed by atoms with Crippen LogP contribution in [0.5, 0.6) is 0 Å². The Kier molecular flexibility index (Phi) is 7.96. The highest BCUT2D eigenvalue weighted by Crippen LogP contribution is 1.97. The van der Waals surface area contributed by atoms with Crippen LogP contribution in [0.25, 0.3) is 0 Å². The Hall–Kier alpha value is -0.0800. The molecule has 0 aromatic heterocycles. The Labute approximate surface area is 70.2 Å². The molecule has 0 aromatic rings. The summed E-state index contributed by atoms with van der Waals surface area (Å²) in [6.07, 6.45) is 3.13. The van der Waals surface area contributed by atoms with Crippen molar-refractivity contribution in [2.24, 2.45) is 0 Å². The molecule has 0 spiro atoms. The molecule has 1 radical (unpaired) electrons. The van der Waals surface area contributed by atoms with Gasteiger partial charge in [-0.15, -0.1) is 0 Å². The smallest absolute Gasteiger partial charge is 0.0822 e. The fraction of sp³-hybridized carbons (Fsp3) is 1.00. The summed E-state index contributed by atoms with van der Waals surface area (Å²) in [6.45, 7) is 7.88. The van der Waals surface area contributed by atoms with Crippen LogP contribution >= 0.6 is 0 Å². The van der Waals surface area contributed by atoms with Crippen LogP contribution < -0.4 is 0 Å². The molecule has 0 atom stereocenters. The average molecular weight is 158 g/mol. The Balaban J connectivity index is 3.07. The van der Waals surface area contributed by atoms with E-state index >= 15 is 0 Å². The second kappa shape index (κ2) is 8.02. The van der Waals surface area contributed by atoms with Crippen molar-refractivity contribution in [2.75, 3.05) is 26.2 Å². The molecule has 0 heterocycles. The van der Waals surface area contributed by atoms with Gasteiger partial charge in [0.25, 0.3) is 0 Å². The van der Waals surface area contributed by atoms with Crippen molar-refractivity contribution in [3.8, 4) is 0 Å². The maximum absolute atomic E-state index is 10.1. The monoisotopic (exact) mass is 158 g/mol. The molecule has 0 fully saturated rings. The zero-order valence-electron chi connectivity index (χ0n) is 7.81. The minimum absolute atomic E-state index is 0.0955. The molecule has 0 aliphatic carbocycles. The highest BCUT2D eigenvalue weighted by Gasteiger charge is 1.96. The Morgan fingerprint density at radius 2 is 1.64 bits per heavy atom. The lowest BCUT2D eigenvalue weighted by molar-refractivity contribution is 0.183. The van der Waals surface area contributed by atoms with E-state index in [1.54, 1.807) is 0 Å². The quantitative estimate of drug-likeness (QED) is 0.519. The number of unbranched alkanes of at least 4 members (excludes halogenated alkanes) is 2. The van der Waals surface area contributed by atoms with Crippen molar-refractivity contribution in [1.29, 1.82) is 0 Å². The second-order valence-corrected chi connectivity index (χ2v) is 2.79. The van der Waals surface area contributed by atoms with Gasteiger partial charge in [-0.25, -0.2) is 5.11 Å². The van der Waals surface area contributed by atoms with Crippen molar-refractivity contribution >= 4 is 0 Å². The highest BCUT2D eigenvalue weighted by atomic mass is 16.2. The zero-order chi connectivity index (χ0) is 8.53. The van der Waals surface area contributed by atoms with Gasteiger partial charge in [-0.2, -0.15) is 0 Å². The number of nitrogens with zero attached hydrogens (tertiary/aromatic N) is 1. The van der Waals surface area contributed by atoms with E-state index in [0.717, 1.165) is 32.5 Å². The molecular weight excluding hydrogens is 138 g/mol. The predicted molar refractivity (Wildman–Crippen MR) is 47.2 cm³/mol. The molecule has 0 unspecified atom stereocenters. The summed E-state index contributed by atoms with van der Waals surface area (Å²) in [6, 6.07) is 0. The van der Waals surface area contributed by atoms with E-state index in [9.17, 15) is 5.11 Å². The number of hydrogen-bond donors (Lipinski definition) is 0. The lowest BCUT2D eigenvalue weighted by Crippen LogP contribution is -2.23. The molecule has 11 heavy (non-hydrogen) atoms. The molecular formula is C9H20NO. The van der Waals surface area contributed by atoms with E-state index in [1.165, 1.54) is 6.42 Å². The van der Waals surface area contributed by atoms with Crippen LogP contribution in [0.3, 0.4) is 0 Å². The molecule has 0 bridgehead atoms. The van der Waals surface area contributed by atoms with Crippen molar-refractivity contribution < 1.29 is 5.11 Å². The van der Waals surface area contributed by atoms with Gasteiger partial charge >= 0.3 is 0 Å². The summed E-state index contributed by atoms with van der Waals surface area (Å²) in [5, 5.41) is 10.1. The molecule has 0 aliphatic heterocycles. The predicted octanol–water partition coefficient (Wildman–Crippen LogP) is 1.93. The number of hydrogen-bond acceptors (Lipinski definition) is 1. The highest BCUT2D eigenvalue weighted by molar-refractivity contribution is 4.51. The van der Waals surface area contributed by atoms with Crippen LogP contribution in [0.4, 0.5) is 0 Å². The van der Waals surface area contributed by atoms with E-state index in [1.807, 2.05) is 0 Å². The van der Waals surface area contributed by atoms with E-state index in [2.05, 4.69) is 18.7 Å². The third-order valence-electron chi connectivity index (χ3n) is 2.01. The van der Waals surface area contributed by atoms with E-state index < -0.39 is 0 Å². The third kappa shape index (κ3) is 6.32. The van der Waals surface area contributed by atoms with Crippen LogP contribution in [0.15, 0.2) is 0 Å². The first-order valence-electron chi connectivity index (χ1n) is 4.65. The Morgan fingerprint density at radius 3 is 2.09 bits per heavy atom. The average Bonchev–Trinajstić information content (AvgIpc) is 2.05. The Morgan fingerprint density at radius 1 is 1.00 bits per heavy atom. The van der Waals surface area contributed by atoms with E-state index in [0.29, 0.717) is 0 Å². The minimum atomic E-state index is 0.0955. The first-order chi connectivity index (χ1) is 5.35. The van der Waals surface area contributed by atoms with E-state index in [4.69, 9.17) is 0 Å². The molecule has 2 heteroatoms. The normalized spacial score (nSPS) is 10.9. The lowest BCUT2D eigenvalue weighted by atomic mass is 10.2. The van der Waals surface area contributed by atoms with Gasteiger partial charge in [0.05, 0.1) is 6.61 Å². The molecule has 0 aliphatic rings. The lowest BCUT2D eigenvalue weighted by Gasteiger charge is -2.17. The summed E-state index contributed by atoms with van der Waals surface area (Å²) >= 11 is 0. The third-order valence-corrected chi connectivity index (χ3v) is 2.01. The van der Waals surface area contributed by atoms with Crippen molar-refractivity contribution in [3.63, 3.8) is 0 Å². The maximum atomic E-state index is 10.1. The minimum Gasteiger partial charge on any atom is -0.304 e. The van der Waals surface area contributed by atoms with Crippen LogP contribution in [0.2, 0.25) is 0 Å². The molecule has 67 valence electrons. The molecule has 0 rings (SSSR count). The largest absolute Gasteiger partial charge is 0.304 e. The van der Waals surface area contributed by atoms with Gasteiger partial charge in [0.1, 0.15) is 0 Å². The summed E-state index contributed by atoms with van der Waals surface area (Å²) in [4.78, 5) is 2.39. The molecule has 0 saturated carbocycles.